The first-order valence-corrected chi connectivity index (χ1v) is 5.59. The molecule has 17 heavy (non-hydrogen) atoms. The molecule has 5 nitrogen and oxygen atoms in total. The van der Waals surface area contributed by atoms with E-state index in [4.69, 9.17) is 5.11 Å². The van der Waals surface area contributed by atoms with Crippen LogP contribution in [0.4, 0.5) is 10.3 Å². The molecule has 0 bridgehead atoms. The number of aliphatic carboxylic acids is 1. The van der Waals surface area contributed by atoms with Gasteiger partial charge in [-0.2, -0.15) is 0 Å². The smallest absolute Gasteiger partial charge is 0.303 e. The van der Waals surface area contributed by atoms with Crippen LogP contribution in [-0.4, -0.2) is 34.1 Å². The van der Waals surface area contributed by atoms with E-state index in [0.717, 1.165) is 38.3 Å². The van der Waals surface area contributed by atoms with Crippen molar-refractivity contribution in [1.82, 2.24) is 9.97 Å². The van der Waals surface area contributed by atoms with Crippen molar-refractivity contribution in [2.75, 3.05) is 18.0 Å². The average Bonchev–Trinajstić information content (AvgIpc) is 2.30. The first kappa shape index (κ1) is 11.8. The molecular formula is C11H14FN3O2. The minimum absolute atomic E-state index is 0.220. The van der Waals surface area contributed by atoms with Crippen molar-refractivity contribution in [1.29, 1.82) is 0 Å². The van der Waals surface area contributed by atoms with E-state index < -0.39 is 11.8 Å². The molecule has 2 heterocycles. The highest BCUT2D eigenvalue weighted by Gasteiger charge is 2.22. The number of aromatic nitrogens is 2. The lowest BCUT2D eigenvalue weighted by Crippen LogP contribution is -2.35. The van der Waals surface area contributed by atoms with E-state index in [1.807, 2.05) is 4.90 Å². The first-order valence-electron chi connectivity index (χ1n) is 5.59. The third-order valence-corrected chi connectivity index (χ3v) is 2.97. The first-order chi connectivity index (χ1) is 8.15. The zero-order valence-electron chi connectivity index (χ0n) is 9.34. The van der Waals surface area contributed by atoms with Crippen LogP contribution in [0.2, 0.25) is 0 Å². The molecular weight excluding hydrogens is 225 g/mol. The monoisotopic (exact) mass is 239 g/mol. The van der Waals surface area contributed by atoms with Crippen LogP contribution in [0.25, 0.3) is 0 Å². The van der Waals surface area contributed by atoms with E-state index in [9.17, 15) is 9.18 Å². The number of carbonyl (C=O) groups is 1. The Morgan fingerprint density at radius 2 is 2.00 bits per heavy atom. The molecule has 0 saturated carbocycles. The number of halogens is 1. The number of piperidine rings is 1. The highest BCUT2D eigenvalue weighted by Crippen LogP contribution is 2.22. The van der Waals surface area contributed by atoms with Gasteiger partial charge >= 0.3 is 5.97 Å². The number of carboxylic acid groups (broad SMARTS) is 1. The fourth-order valence-corrected chi connectivity index (χ4v) is 2.05. The van der Waals surface area contributed by atoms with Crippen LogP contribution < -0.4 is 4.90 Å². The molecule has 1 N–H and O–H groups in total. The Morgan fingerprint density at radius 3 is 2.53 bits per heavy atom. The van der Waals surface area contributed by atoms with Crippen LogP contribution in [0.1, 0.15) is 19.3 Å². The summed E-state index contributed by atoms with van der Waals surface area (Å²) in [6.45, 7) is 1.45. The molecule has 0 amide bonds. The predicted molar refractivity (Wildman–Crippen MR) is 59.2 cm³/mol. The second kappa shape index (κ2) is 5.07. The third kappa shape index (κ3) is 3.12. The number of rotatable bonds is 3. The molecule has 0 aliphatic carbocycles. The summed E-state index contributed by atoms with van der Waals surface area (Å²) in [6, 6.07) is 0. The van der Waals surface area contributed by atoms with Gasteiger partial charge in [-0.3, -0.25) is 4.79 Å². The minimum atomic E-state index is -0.749. The fraction of sp³-hybridized carbons (Fsp3) is 0.545. The summed E-state index contributed by atoms with van der Waals surface area (Å²) < 4.78 is 12.7. The lowest BCUT2D eigenvalue weighted by Gasteiger charge is -2.31. The van der Waals surface area contributed by atoms with Crippen molar-refractivity contribution in [2.45, 2.75) is 19.3 Å². The van der Waals surface area contributed by atoms with E-state index in [2.05, 4.69) is 9.97 Å². The van der Waals surface area contributed by atoms with Gasteiger partial charge in [0.1, 0.15) is 0 Å². The lowest BCUT2D eigenvalue weighted by molar-refractivity contribution is -0.138. The van der Waals surface area contributed by atoms with Crippen LogP contribution in [0.15, 0.2) is 12.4 Å². The summed E-state index contributed by atoms with van der Waals surface area (Å²) >= 11 is 0. The Bertz CT molecular complexity index is 388. The molecule has 0 atom stereocenters. The third-order valence-electron chi connectivity index (χ3n) is 2.97. The Hall–Kier alpha value is -1.72. The number of anilines is 1. The number of hydrogen-bond donors (Lipinski definition) is 1. The zero-order chi connectivity index (χ0) is 12.3. The average molecular weight is 239 g/mol. The van der Waals surface area contributed by atoms with E-state index in [1.165, 1.54) is 0 Å². The molecule has 6 heteroatoms. The van der Waals surface area contributed by atoms with Gasteiger partial charge in [-0.05, 0) is 18.8 Å². The Kier molecular flexibility index (Phi) is 3.51. The fourth-order valence-electron chi connectivity index (χ4n) is 2.05. The topological polar surface area (TPSA) is 66.3 Å². The van der Waals surface area contributed by atoms with Crippen molar-refractivity contribution in [3.05, 3.63) is 18.2 Å². The van der Waals surface area contributed by atoms with Crippen molar-refractivity contribution < 1.29 is 14.3 Å². The summed E-state index contributed by atoms with van der Waals surface area (Å²) in [6.07, 6.45) is 4.13. The maximum absolute atomic E-state index is 12.7. The highest BCUT2D eigenvalue weighted by molar-refractivity contribution is 5.67. The Labute approximate surface area is 98.3 Å². The van der Waals surface area contributed by atoms with Crippen LogP contribution in [-0.2, 0) is 4.79 Å². The largest absolute Gasteiger partial charge is 0.481 e. The zero-order valence-corrected chi connectivity index (χ0v) is 9.34. The number of carboxylic acids is 1. The Balaban J connectivity index is 1.90. The molecule has 92 valence electrons. The van der Waals surface area contributed by atoms with Gasteiger partial charge in [0.2, 0.25) is 5.95 Å². The molecule has 0 radical (unpaired) electrons. The standard InChI is InChI=1S/C11H14FN3O2/c12-9-6-13-11(14-7-9)15-3-1-8(2-4-15)5-10(16)17/h6-8H,1-5H2,(H,16,17). The van der Waals surface area contributed by atoms with Gasteiger partial charge < -0.3 is 10.0 Å². The molecule has 0 aromatic carbocycles. The summed E-state index contributed by atoms with van der Waals surface area (Å²) in [4.78, 5) is 20.4. The molecule has 2 rings (SSSR count). The molecule has 1 saturated heterocycles. The lowest BCUT2D eigenvalue weighted by atomic mass is 9.94. The van der Waals surface area contributed by atoms with Gasteiger partial charge in [0.15, 0.2) is 5.82 Å². The number of nitrogens with zero attached hydrogens (tertiary/aromatic N) is 3. The van der Waals surface area contributed by atoms with Gasteiger partial charge in [0, 0.05) is 19.5 Å². The van der Waals surface area contributed by atoms with E-state index in [1.54, 1.807) is 0 Å². The quantitative estimate of drug-likeness (QED) is 0.861. The normalized spacial score (nSPS) is 17.1. The summed E-state index contributed by atoms with van der Waals surface area (Å²) in [7, 11) is 0. The van der Waals surface area contributed by atoms with Crippen LogP contribution in [0.3, 0.4) is 0 Å². The molecule has 1 aliphatic rings. The maximum Gasteiger partial charge on any atom is 0.303 e. The van der Waals surface area contributed by atoms with Crippen molar-refractivity contribution in [2.24, 2.45) is 5.92 Å². The summed E-state index contributed by atoms with van der Waals surface area (Å²) in [5, 5.41) is 8.70. The van der Waals surface area contributed by atoms with Gasteiger partial charge in [-0.25, -0.2) is 14.4 Å². The molecule has 1 aromatic rings. The molecule has 1 aliphatic heterocycles. The second-order valence-corrected chi connectivity index (χ2v) is 4.23. The second-order valence-electron chi connectivity index (χ2n) is 4.23. The Morgan fingerprint density at radius 1 is 1.41 bits per heavy atom. The molecule has 0 unspecified atom stereocenters. The predicted octanol–water partition coefficient (Wildman–Crippen LogP) is 1.31. The summed E-state index contributed by atoms with van der Waals surface area (Å²) in [5.74, 6) is -0.458. The summed E-state index contributed by atoms with van der Waals surface area (Å²) in [5.41, 5.74) is 0. The molecule has 0 spiro atoms. The SMILES string of the molecule is O=C(O)CC1CCN(c2ncc(F)cn2)CC1. The van der Waals surface area contributed by atoms with E-state index in [-0.39, 0.29) is 12.3 Å². The maximum atomic E-state index is 12.7. The van der Waals surface area contributed by atoms with Crippen LogP contribution >= 0.6 is 0 Å². The minimum Gasteiger partial charge on any atom is -0.481 e. The van der Waals surface area contributed by atoms with Gasteiger partial charge in [-0.15, -0.1) is 0 Å². The van der Waals surface area contributed by atoms with Gasteiger partial charge in [0.25, 0.3) is 0 Å². The van der Waals surface area contributed by atoms with Gasteiger partial charge in [-0.1, -0.05) is 0 Å². The molecule has 1 fully saturated rings. The van der Waals surface area contributed by atoms with Crippen molar-refractivity contribution >= 4 is 11.9 Å². The van der Waals surface area contributed by atoms with E-state index >= 15 is 0 Å². The van der Waals surface area contributed by atoms with Gasteiger partial charge in [0.05, 0.1) is 12.4 Å². The van der Waals surface area contributed by atoms with Crippen LogP contribution in [0, 0.1) is 11.7 Å². The number of hydrogen-bond acceptors (Lipinski definition) is 4. The van der Waals surface area contributed by atoms with E-state index in [0.29, 0.717) is 5.95 Å². The highest BCUT2D eigenvalue weighted by atomic mass is 19.1. The van der Waals surface area contributed by atoms with Crippen molar-refractivity contribution in [3.8, 4) is 0 Å². The van der Waals surface area contributed by atoms with Crippen molar-refractivity contribution in [3.63, 3.8) is 0 Å². The molecule has 1 aromatic heterocycles. The van der Waals surface area contributed by atoms with Crippen LogP contribution in [0.5, 0.6) is 0 Å².